The predicted octanol–water partition coefficient (Wildman–Crippen LogP) is 2.22. The number of nitrogens with one attached hydrogen (secondary N) is 1. The van der Waals surface area contributed by atoms with Crippen molar-refractivity contribution in [1.29, 1.82) is 5.41 Å². The Morgan fingerprint density at radius 1 is 1.75 bits per heavy atom. The van der Waals surface area contributed by atoms with Crippen LogP contribution in [0.1, 0.15) is 32.6 Å². The standard InChI is InChI=1S/C7H13N/c1-2-6-3-4-7(8)5-6/h6,8H,2-5H2,1H3. The second-order valence-electron chi connectivity index (χ2n) is 2.62. The predicted molar refractivity (Wildman–Crippen MR) is 35.4 cm³/mol. The summed E-state index contributed by atoms with van der Waals surface area (Å²) in [6.45, 7) is 2.21. The number of hydrogen-bond acceptors (Lipinski definition) is 1. The summed E-state index contributed by atoms with van der Waals surface area (Å²) >= 11 is 0. The van der Waals surface area contributed by atoms with Crippen molar-refractivity contribution in [2.75, 3.05) is 0 Å². The van der Waals surface area contributed by atoms with Crippen molar-refractivity contribution in [2.45, 2.75) is 32.6 Å². The van der Waals surface area contributed by atoms with Crippen LogP contribution in [-0.2, 0) is 0 Å². The molecule has 1 unspecified atom stereocenters. The van der Waals surface area contributed by atoms with E-state index in [-0.39, 0.29) is 0 Å². The molecule has 0 saturated heterocycles. The van der Waals surface area contributed by atoms with E-state index in [2.05, 4.69) is 6.92 Å². The zero-order valence-electron chi connectivity index (χ0n) is 5.41. The van der Waals surface area contributed by atoms with E-state index in [1.54, 1.807) is 0 Å². The van der Waals surface area contributed by atoms with Crippen LogP contribution in [0.5, 0.6) is 0 Å². The van der Waals surface area contributed by atoms with Crippen LogP contribution in [0, 0.1) is 11.3 Å². The lowest BCUT2D eigenvalue weighted by atomic mass is 10.1. The molecule has 1 nitrogen and oxygen atoms in total. The first kappa shape index (κ1) is 5.80. The summed E-state index contributed by atoms with van der Waals surface area (Å²) in [6.07, 6.45) is 4.69. The molecule has 0 spiro atoms. The van der Waals surface area contributed by atoms with Gasteiger partial charge in [0.1, 0.15) is 0 Å². The molecule has 0 aromatic heterocycles. The Balaban J connectivity index is 2.32. The van der Waals surface area contributed by atoms with Crippen LogP contribution in [0.15, 0.2) is 0 Å². The average Bonchev–Trinajstić information content (AvgIpc) is 2.14. The molecule has 1 atom stereocenters. The molecule has 1 rings (SSSR count). The molecule has 0 amide bonds. The molecule has 0 aromatic rings. The molecule has 0 heterocycles. The average molecular weight is 111 g/mol. The van der Waals surface area contributed by atoms with Gasteiger partial charge in [0, 0.05) is 5.71 Å². The molecule has 1 fully saturated rings. The molecule has 1 aliphatic rings. The Morgan fingerprint density at radius 2 is 2.50 bits per heavy atom. The first-order valence-electron chi connectivity index (χ1n) is 3.39. The summed E-state index contributed by atoms with van der Waals surface area (Å²) in [5.74, 6) is 0.850. The van der Waals surface area contributed by atoms with Gasteiger partial charge in [-0.25, -0.2) is 0 Å². The van der Waals surface area contributed by atoms with E-state index >= 15 is 0 Å². The molecule has 0 radical (unpaired) electrons. The van der Waals surface area contributed by atoms with Crippen LogP contribution < -0.4 is 0 Å². The highest BCUT2D eigenvalue weighted by Gasteiger charge is 2.16. The maximum absolute atomic E-state index is 7.28. The van der Waals surface area contributed by atoms with Gasteiger partial charge in [-0.2, -0.15) is 0 Å². The minimum Gasteiger partial charge on any atom is -0.310 e. The molecule has 8 heavy (non-hydrogen) atoms. The molecule has 46 valence electrons. The van der Waals surface area contributed by atoms with Crippen molar-refractivity contribution in [3.05, 3.63) is 0 Å². The summed E-state index contributed by atoms with van der Waals surface area (Å²) < 4.78 is 0. The van der Waals surface area contributed by atoms with Gasteiger partial charge < -0.3 is 5.41 Å². The molecule has 1 N–H and O–H groups in total. The third kappa shape index (κ3) is 1.09. The summed E-state index contributed by atoms with van der Waals surface area (Å²) in [5, 5.41) is 7.28. The largest absolute Gasteiger partial charge is 0.310 e. The van der Waals surface area contributed by atoms with Gasteiger partial charge >= 0.3 is 0 Å². The second-order valence-corrected chi connectivity index (χ2v) is 2.62. The van der Waals surface area contributed by atoms with E-state index in [0.29, 0.717) is 0 Å². The lowest BCUT2D eigenvalue weighted by molar-refractivity contribution is 0.540. The van der Waals surface area contributed by atoms with Gasteiger partial charge in [0.25, 0.3) is 0 Å². The molecular weight excluding hydrogens is 98.1 g/mol. The minimum atomic E-state index is 0.850. The van der Waals surface area contributed by atoms with Gasteiger partial charge in [-0.3, -0.25) is 0 Å². The van der Waals surface area contributed by atoms with Crippen molar-refractivity contribution in [1.82, 2.24) is 0 Å². The monoisotopic (exact) mass is 111 g/mol. The summed E-state index contributed by atoms with van der Waals surface area (Å²) in [5.41, 5.74) is 0.969. The minimum absolute atomic E-state index is 0.850. The van der Waals surface area contributed by atoms with Crippen LogP contribution in [0.2, 0.25) is 0 Å². The summed E-state index contributed by atoms with van der Waals surface area (Å²) in [6, 6.07) is 0. The quantitative estimate of drug-likeness (QED) is 0.536. The molecule has 1 heteroatoms. The molecule has 0 aromatic carbocycles. The Labute approximate surface area is 50.6 Å². The second kappa shape index (κ2) is 2.29. The Kier molecular flexibility index (Phi) is 1.66. The van der Waals surface area contributed by atoms with Crippen LogP contribution in [0.4, 0.5) is 0 Å². The summed E-state index contributed by atoms with van der Waals surface area (Å²) in [7, 11) is 0. The highest BCUT2D eigenvalue weighted by Crippen LogP contribution is 2.24. The fourth-order valence-electron chi connectivity index (χ4n) is 1.28. The zero-order valence-corrected chi connectivity index (χ0v) is 5.41. The maximum Gasteiger partial charge on any atom is 0.00920 e. The summed E-state index contributed by atoms with van der Waals surface area (Å²) in [4.78, 5) is 0. The van der Waals surface area contributed by atoms with Gasteiger partial charge in [-0.1, -0.05) is 13.3 Å². The van der Waals surface area contributed by atoms with Crippen molar-refractivity contribution >= 4 is 5.71 Å². The van der Waals surface area contributed by atoms with Gasteiger partial charge in [0.15, 0.2) is 0 Å². The highest BCUT2D eigenvalue weighted by atomic mass is 14.4. The van der Waals surface area contributed by atoms with Crippen molar-refractivity contribution in [3.63, 3.8) is 0 Å². The smallest absolute Gasteiger partial charge is 0.00920 e. The van der Waals surface area contributed by atoms with Crippen LogP contribution in [0.3, 0.4) is 0 Å². The third-order valence-corrected chi connectivity index (χ3v) is 1.97. The highest BCUT2D eigenvalue weighted by molar-refractivity contribution is 5.83. The Bertz CT molecular complexity index is 96.6. The van der Waals surface area contributed by atoms with Gasteiger partial charge in [0.05, 0.1) is 0 Å². The fraction of sp³-hybridized carbons (Fsp3) is 0.857. The van der Waals surface area contributed by atoms with E-state index in [4.69, 9.17) is 5.41 Å². The first-order chi connectivity index (χ1) is 3.83. The molecule has 1 aliphatic carbocycles. The molecule has 0 bridgehead atoms. The van der Waals surface area contributed by atoms with Crippen LogP contribution in [0.25, 0.3) is 0 Å². The van der Waals surface area contributed by atoms with Gasteiger partial charge in [0.2, 0.25) is 0 Å². The van der Waals surface area contributed by atoms with Crippen molar-refractivity contribution in [3.8, 4) is 0 Å². The van der Waals surface area contributed by atoms with E-state index in [0.717, 1.165) is 24.5 Å². The van der Waals surface area contributed by atoms with Crippen molar-refractivity contribution in [2.24, 2.45) is 5.92 Å². The van der Waals surface area contributed by atoms with Crippen LogP contribution >= 0.6 is 0 Å². The van der Waals surface area contributed by atoms with E-state index in [1.165, 1.54) is 12.8 Å². The first-order valence-corrected chi connectivity index (χ1v) is 3.39. The molecule has 1 saturated carbocycles. The topological polar surface area (TPSA) is 23.9 Å². The Hall–Kier alpha value is -0.330. The fourth-order valence-corrected chi connectivity index (χ4v) is 1.28. The van der Waals surface area contributed by atoms with Crippen LogP contribution in [-0.4, -0.2) is 5.71 Å². The zero-order chi connectivity index (χ0) is 5.98. The number of hydrogen-bond donors (Lipinski definition) is 1. The van der Waals surface area contributed by atoms with E-state index < -0.39 is 0 Å². The Morgan fingerprint density at radius 3 is 2.75 bits per heavy atom. The van der Waals surface area contributed by atoms with Crippen molar-refractivity contribution < 1.29 is 0 Å². The lowest BCUT2D eigenvalue weighted by Crippen LogP contribution is -1.90. The molecular formula is C7H13N. The van der Waals surface area contributed by atoms with E-state index in [9.17, 15) is 0 Å². The third-order valence-electron chi connectivity index (χ3n) is 1.97. The molecule has 0 aliphatic heterocycles. The van der Waals surface area contributed by atoms with E-state index in [1.807, 2.05) is 0 Å². The SMILES string of the molecule is CCC1CCC(=N)C1. The van der Waals surface area contributed by atoms with Gasteiger partial charge in [-0.05, 0) is 25.2 Å². The van der Waals surface area contributed by atoms with Gasteiger partial charge in [-0.15, -0.1) is 0 Å². The normalized spacial score (nSPS) is 29.1. The maximum atomic E-state index is 7.28. The number of rotatable bonds is 1. The lowest BCUT2D eigenvalue weighted by Gasteiger charge is -1.99.